The first-order valence-electron chi connectivity index (χ1n) is 15.4. The predicted octanol–water partition coefficient (Wildman–Crippen LogP) is -3.32. The maximum atomic E-state index is 13.5. The van der Waals surface area contributed by atoms with Crippen LogP contribution in [0.5, 0.6) is 0 Å². The Morgan fingerprint density at radius 2 is 1.88 bits per heavy atom. The maximum absolute atomic E-state index is 13.5. The summed E-state index contributed by atoms with van der Waals surface area (Å²) in [7, 11) is 0. The summed E-state index contributed by atoms with van der Waals surface area (Å²) < 4.78 is 7.80. The van der Waals surface area contributed by atoms with Crippen molar-refractivity contribution in [1.29, 1.82) is 0 Å². The average molecular weight is 749 g/mol. The smallest absolute Gasteiger partial charge is 0.352 e. The van der Waals surface area contributed by atoms with Gasteiger partial charge in [0.15, 0.2) is 29.4 Å². The molecule has 2 aromatic rings. The van der Waals surface area contributed by atoms with E-state index in [-0.39, 0.29) is 59.9 Å². The largest absolute Gasteiger partial charge is 0.478 e. The second-order valence-electron chi connectivity index (χ2n) is 12.1. The zero-order chi connectivity index (χ0) is 37.2. The third kappa shape index (κ3) is 7.74. The summed E-state index contributed by atoms with van der Waals surface area (Å²) in [6, 6.07) is -1.15. The normalized spacial score (nSPS) is 18.6. The molecule has 3 aliphatic rings. The molecule has 274 valence electrons. The number of rotatable bonds is 14. The third-order valence-electron chi connectivity index (χ3n) is 8.04. The first-order chi connectivity index (χ1) is 24.1. The van der Waals surface area contributed by atoms with Gasteiger partial charge in [-0.25, -0.2) is 9.59 Å². The lowest BCUT2D eigenvalue weighted by molar-refractivity contribution is -0.768. The van der Waals surface area contributed by atoms with Gasteiger partial charge in [0.1, 0.15) is 17.1 Å². The van der Waals surface area contributed by atoms with Crippen LogP contribution in [0.2, 0.25) is 0 Å². The number of aliphatic carboxylic acids is 2. The Kier molecular flexibility index (Phi) is 10.5. The highest BCUT2D eigenvalue weighted by Gasteiger charge is 2.55. The highest BCUT2D eigenvalue weighted by atomic mass is 32.2. The number of nitrogens with one attached hydrogen (secondary N) is 2. The molecule has 5 heterocycles. The van der Waals surface area contributed by atoms with E-state index in [4.69, 9.17) is 33.5 Å². The van der Waals surface area contributed by atoms with Gasteiger partial charge in [-0.1, -0.05) is 5.16 Å². The SMILES string of the molecule is CC(C)(O/N=C(\C(=O)N[C@@H]1C(=O)N2C(C(=O)O)=C(C[n+]3cc(C(CN=C(N)N)CN=C(N)N)c4n3CCCN4)CS[C@H]12)c1nsc(N)n1)C(=O)O. The summed E-state index contributed by atoms with van der Waals surface area (Å²) in [5, 5.41) is 28.6. The van der Waals surface area contributed by atoms with Gasteiger partial charge in [-0.2, -0.15) is 9.36 Å². The molecule has 5 rings (SSSR count). The number of hydrogen-bond acceptors (Lipinski definition) is 14. The van der Waals surface area contributed by atoms with Crippen LogP contribution in [0.1, 0.15) is 37.6 Å². The molecular weight excluding hydrogens is 711 g/mol. The fraction of sp³-hybridized carbons (Fsp3) is 0.481. The molecule has 24 heteroatoms. The van der Waals surface area contributed by atoms with Crippen molar-refractivity contribution in [2.75, 3.05) is 36.4 Å². The van der Waals surface area contributed by atoms with Gasteiger partial charge in [-0.15, -0.1) is 21.1 Å². The number of oxime groups is 1. The molecule has 0 spiro atoms. The van der Waals surface area contributed by atoms with Gasteiger partial charge in [0.05, 0.1) is 25.2 Å². The van der Waals surface area contributed by atoms with E-state index in [2.05, 4.69) is 35.1 Å². The van der Waals surface area contributed by atoms with Crippen LogP contribution in [0, 0.1) is 0 Å². The van der Waals surface area contributed by atoms with E-state index in [0.717, 1.165) is 34.2 Å². The number of aliphatic imine (C=N–C) groups is 2. The number of anilines is 2. The Balaban J connectivity index is 1.40. The monoisotopic (exact) mass is 748 g/mol. The molecule has 2 amide bonds. The van der Waals surface area contributed by atoms with E-state index in [0.29, 0.717) is 18.7 Å². The minimum atomic E-state index is -1.82. The summed E-state index contributed by atoms with van der Waals surface area (Å²) in [5.41, 5.74) is 26.8. The van der Waals surface area contributed by atoms with Crippen LogP contribution in [0.4, 0.5) is 10.9 Å². The lowest BCUT2D eigenvalue weighted by atomic mass is 10.0. The molecule has 0 aromatic carbocycles. The molecule has 0 aliphatic carbocycles. The van der Waals surface area contributed by atoms with Crippen molar-refractivity contribution in [3.8, 4) is 0 Å². The number of thioether (sulfide) groups is 1. The van der Waals surface area contributed by atoms with Crippen molar-refractivity contribution in [3.63, 3.8) is 0 Å². The number of nitrogens with two attached hydrogens (primary N) is 5. The number of aromatic nitrogens is 4. The van der Waals surface area contributed by atoms with Crippen molar-refractivity contribution in [1.82, 2.24) is 24.3 Å². The number of nitrogen functional groups attached to an aromatic ring is 1. The Hall–Kier alpha value is -5.65. The molecule has 1 fully saturated rings. The molecule has 1 saturated heterocycles. The third-order valence-corrected chi connectivity index (χ3v) is 9.92. The van der Waals surface area contributed by atoms with Gasteiger partial charge < -0.3 is 54.4 Å². The number of fused-ring (bicyclic) bond motifs is 2. The van der Waals surface area contributed by atoms with Crippen molar-refractivity contribution < 1.29 is 38.9 Å². The summed E-state index contributed by atoms with van der Waals surface area (Å²) in [6.45, 7) is 4.27. The first-order valence-corrected chi connectivity index (χ1v) is 17.2. The second kappa shape index (κ2) is 14.7. The number of carbonyl (C=O) groups is 4. The second-order valence-corrected chi connectivity index (χ2v) is 14.0. The molecule has 2 aromatic heterocycles. The van der Waals surface area contributed by atoms with Crippen LogP contribution >= 0.6 is 23.3 Å². The molecule has 0 unspecified atom stereocenters. The van der Waals surface area contributed by atoms with E-state index in [1.807, 2.05) is 15.6 Å². The van der Waals surface area contributed by atoms with Gasteiger partial charge in [-0.3, -0.25) is 24.5 Å². The van der Waals surface area contributed by atoms with Crippen molar-refractivity contribution >= 4 is 75.6 Å². The average Bonchev–Trinajstić information content (AvgIpc) is 3.66. The molecule has 2 atom stereocenters. The van der Waals surface area contributed by atoms with Crippen molar-refractivity contribution in [3.05, 3.63) is 28.9 Å². The minimum absolute atomic E-state index is 0.00330. The molecule has 14 N–H and O–H groups in total. The van der Waals surface area contributed by atoms with Gasteiger partial charge in [0.25, 0.3) is 11.8 Å². The minimum Gasteiger partial charge on any atom is -0.478 e. The lowest BCUT2D eigenvalue weighted by Gasteiger charge is -2.49. The highest BCUT2D eigenvalue weighted by molar-refractivity contribution is 8.00. The van der Waals surface area contributed by atoms with Crippen LogP contribution in [-0.2, 0) is 37.1 Å². The van der Waals surface area contributed by atoms with Crippen LogP contribution in [0.25, 0.3) is 0 Å². The van der Waals surface area contributed by atoms with E-state index in [1.165, 1.54) is 25.6 Å². The Bertz CT molecular complexity index is 1840. The number of β-lactam (4-membered cyclic amide) rings is 1. The number of guanidine groups is 2. The van der Waals surface area contributed by atoms with E-state index in [9.17, 15) is 29.4 Å². The quantitative estimate of drug-likeness (QED) is 0.0300. The van der Waals surface area contributed by atoms with Gasteiger partial charge >= 0.3 is 11.9 Å². The molecule has 51 heavy (non-hydrogen) atoms. The van der Waals surface area contributed by atoms with Crippen LogP contribution in [-0.4, -0.2) is 113 Å². The first kappa shape index (κ1) is 36.6. The Morgan fingerprint density at radius 3 is 2.47 bits per heavy atom. The summed E-state index contributed by atoms with van der Waals surface area (Å²) in [6.07, 6.45) is 2.66. The molecule has 0 saturated carbocycles. The number of amides is 2. The molecular formula is C27H38N15O7S2+. The highest BCUT2D eigenvalue weighted by Crippen LogP contribution is 2.40. The number of hydrogen-bond donors (Lipinski definition) is 9. The van der Waals surface area contributed by atoms with E-state index < -0.39 is 46.5 Å². The van der Waals surface area contributed by atoms with Crippen molar-refractivity contribution in [2.45, 2.75) is 56.3 Å². The fourth-order valence-electron chi connectivity index (χ4n) is 5.48. The number of carboxylic acids is 2. The Labute approximate surface area is 298 Å². The van der Waals surface area contributed by atoms with Crippen molar-refractivity contribution in [2.24, 2.45) is 38.1 Å². The zero-order valence-electron chi connectivity index (χ0n) is 27.5. The number of carbonyl (C=O) groups excluding carboxylic acids is 2. The summed E-state index contributed by atoms with van der Waals surface area (Å²) in [5.74, 6) is -4.06. The number of carboxylic acid groups (broad SMARTS) is 2. The van der Waals surface area contributed by atoms with Gasteiger partial charge in [-0.05, 0) is 20.3 Å². The topological polar surface area (TPSA) is 347 Å². The molecule has 0 radical (unpaired) electrons. The van der Waals surface area contributed by atoms with Crippen LogP contribution in [0.15, 0.2) is 32.6 Å². The summed E-state index contributed by atoms with van der Waals surface area (Å²) in [4.78, 5) is 69.6. The standard InChI is InChI=1S/C27H37N15O7S2/c1-27(2,23(47)48)49-38-14(17-37-26(32)51-39-17)19(43)36-15-20(44)42-16(22(45)46)12(10-50-21(15)42)8-40-9-13(18-33-4-3-5-41(18)40)11(6-34-24(28)29)7-35-25(30)31/h9,11,15,21H,3-8,10H2,1-2H3,(H13,28,29,30,31,32,34,35,36,37,39,43,45,46,47,48)/p+1/b38-14-/t15-,21-/m1/s1. The Morgan fingerprint density at radius 1 is 1.20 bits per heavy atom. The molecule has 0 bridgehead atoms. The number of nitrogens with zero attached hydrogens (tertiary/aromatic N) is 8. The van der Waals surface area contributed by atoms with Gasteiger partial charge in [0, 0.05) is 35.3 Å². The molecule has 22 nitrogen and oxygen atoms in total. The van der Waals surface area contributed by atoms with E-state index in [1.54, 1.807) is 0 Å². The zero-order valence-corrected chi connectivity index (χ0v) is 29.1. The summed E-state index contributed by atoms with van der Waals surface area (Å²) >= 11 is 2.03. The van der Waals surface area contributed by atoms with Crippen LogP contribution in [0.3, 0.4) is 0 Å². The van der Waals surface area contributed by atoms with Gasteiger partial charge in [0.2, 0.25) is 23.3 Å². The fourth-order valence-corrected chi connectivity index (χ4v) is 7.25. The molecule has 3 aliphatic heterocycles. The predicted molar refractivity (Wildman–Crippen MR) is 185 cm³/mol. The lowest BCUT2D eigenvalue weighted by Crippen LogP contribution is -2.71. The van der Waals surface area contributed by atoms with Crippen LogP contribution < -0.4 is 44.0 Å². The maximum Gasteiger partial charge on any atom is 0.352 e. The van der Waals surface area contributed by atoms with E-state index >= 15 is 0 Å².